The van der Waals surface area contributed by atoms with Crippen molar-refractivity contribution in [3.8, 4) is 0 Å². The van der Waals surface area contributed by atoms with Crippen molar-refractivity contribution >= 4 is 27.3 Å². The van der Waals surface area contributed by atoms with Crippen molar-refractivity contribution in [3.63, 3.8) is 0 Å². The van der Waals surface area contributed by atoms with Crippen molar-refractivity contribution in [2.45, 2.75) is 27.2 Å². The third kappa shape index (κ3) is 5.32. The van der Waals surface area contributed by atoms with Gasteiger partial charge in [-0.1, -0.05) is 25.1 Å². The Morgan fingerprint density at radius 1 is 1.04 bits per heavy atom. The van der Waals surface area contributed by atoms with Gasteiger partial charge in [0.05, 0.1) is 11.9 Å². The van der Waals surface area contributed by atoms with E-state index in [4.69, 9.17) is 0 Å². The molecular weight excluding hydrogens is 336 g/mol. The minimum atomic E-state index is -3.58. The van der Waals surface area contributed by atoms with Gasteiger partial charge in [-0.15, -0.1) is 0 Å². The molecule has 1 N–H and O–H groups in total. The van der Waals surface area contributed by atoms with Crippen LogP contribution in [0.5, 0.6) is 0 Å². The molecule has 0 radical (unpaired) electrons. The van der Waals surface area contributed by atoms with Gasteiger partial charge in [0.1, 0.15) is 6.54 Å². The number of hydrogen-bond donors (Lipinski definition) is 1. The van der Waals surface area contributed by atoms with E-state index in [1.807, 2.05) is 44.2 Å². The summed E-state index contributed by atoms with van der Waals surface area (Å²) in [6.45, 7) is 5.58. The van der Waals surface area contributed by atoms with Crippen LogP contribution in [-0.4, -0.2) is 27.1 Å². The molecule has 0 aliphatic rings. The fourth-order valence-corrected chi connectivity index (χ4v) is 3.49. The van der Waals surface area contributed by atoms with Crippen LogP contribution in [0.25, 0.3) is 0 Å². The minimum absolute atomic E-state index is 0.267. The number of aryl methyl sites for hydroxylation is 3. The van der Waals surface area contributed by atoms with E-state index in [9.17, 15) is 13.2 Å². The van der Waals surface area contributed by atoms with Crippen LogP contribution in [0.3, 0.4) is 0 Å². The van der Waals surface area contributed by atoms with Crippen LogP contribution in [0.15, 0.2) is 42.5 Å². The Morgan fingerprint density at radius 3 is 2.08 bits per heavy atom. The van der Waals surface area contributed by atoms with Crippen molar-refractivity contribution in [1.29, 1.82) is 0 Å². The summed E-state index contributed by atoms with van der Waals surface area (Å²) in [6, 6.07) is 13.0. The number of carbonyl (C=O) groups is 1. The second kappa shape index (κ2) is 7.70. The van der Waals surface area contributed by atoms with E-state index < -0.39 is 10.0 Å². The zero-order chi connectivity index (χ0) is 18.6. The number of nitrogens with one attached hydrogen (secondary N) is 1. The highest BCUT2D eigenvalue weighted by atomic mass is 32.2. The van der Waals surface area contributed by atoms with E-state index in [2.05, 4.69) is 12.2 Å². The van der Waals surface area contributed by atoms with Crippen LogP contribution in [0.4, 0.5) is 11.4 Å². The molecule has 0 saturated carbocycles. The lowest BCUT2D eigenvalue weighted by Gasteiger charge is -2.23. The number of hydrogen-bond acceptors (Lipinski definition) is 3. The van der Waals surface area contributed by atoms with Crippen LogP contribution in [0.2, 0.25) is 0 Å². The maximum absolute atomic E-state index is 12.3. The smallest absolute Gasteiger partial charge is 0.245 e. The fourth-order valence-electron chi connectivity index (χ4n) is 2.65. The number of rotatable bonds is 6. The molecule has 0 spiro atoms. The molecule has 5 nitrogen and oxygen atoms in total. The quantitative estimate of drug-likeness (QED) is 0.860. The Morgan fingerprint density at radius 2 is 1.60 bits per heavy atom. The summed E-state index contributed by atoms with van der Waals surface area (Å²) < 4.78 is 25.5. The van der Waals surface area contributed by atoms with Gasteiger partial charge >= 0.3 is 0 Å². The molecule has 2 rings (SSSR count). The minimum Gasteiger partial charge on any atom is -0.325 e. The summed E-state index contributed by atoms with van der Waals surface area (Å²) in [5.41, 5.74) is 4.21. The van der Waals surface area contributed by atoms with E-state index in [1.165, 1.54) is 5.56 Å². The first-order valence-corrected chi connectivity index (χ1v) is 9.98. The summed E-state index contributed by atoms with van der Waals surface area (Å²) in [5.74, 6) is -0.381. The lowest BCUT2D eigenvalue weighted by Crippen LogP contribution is -2.37. The van der Waals surface area contributed by atoms with Gasteiger partial charge in [-0.3, -0.25) is 9.10 Å². The summed E-state index contributed by atoms with van der Waals surface area (Å²) in [6.07, 6.45) is 2.02. The van der Waals surface area contributed by atoms with Gasteiger partial charge in [0, 0.05) is 5.69 Å². The molecule has 2 aromatic carbocycles. The van der Waals surface area contributed by atoms with Crippen LogP contribution < -0.4 is 9.62 Å². The van der Waals surface area contributed by atoms with Crippen molar-refractivity contribution in [1.82, 2.24) is 0 Å². The lowest BCUT2D eigenvalue weighted by atomic mass is 10.1. The summed E-state index contributed by atoms with van der Waals surface area (Å²) in [4.78, 5) is 12.3. The molecule has 2 aromatic rings. The molecule has 25 heavy (non-hydrogen) atoms. The Bertz CT molecular complexity index is 838. The van der Waals surface area contributed by atoms with E-state index in [0.29, 0.717) is 11.4 Å². The number of anilines is 2. The first kappa shape index (κ1) is 19.0. The highest BCUT2D eigenvalue weighted by Gasteiger charge is 2.21. The van der Waals surface area contributed by atoms with E-state index >= 15 is 0 Å². The van der Waals surface area contributed by atoms with Gasteiger partial charge in [-0.2, -0.15) is 0 Å². The third-order valence-corrected chi connectivity index (χ3v) is 4.97. The van der Waals surface area contributed by atoms with Crippen LogP contribution in [0.1, 0.15) is 23.6 Å². The zero-order valence-electron chi connectivity index (χ0n) is 15.0. The molecule has 0 atom stereocenters. The Kier molecular flexibility index (Phi) is 5.85. The number of nitrogens with zero attached hydrogens (tertiary/aromatic N) is 1. The van der Waals surface area contributed by atoms with Gasteiger partial charge in [0.15, 0.2) is 0 Å². The first-order chi connectivity index (χ1) is 11.7. The van der Waals surface area contributed by atoms with Crippen molar-refractivity contribution in [2.24, 2.45) is 0 Å². The number of sulfonamides is 1. The van der Waals surface area contributed by atoms with Crippen molar-refractivity contribution in [2.75, 3.05) is 22.4 Å². The second-order valence-electron chi connectivity index (χ2n) is 6.21. The highest BCUT2D eigenvalue weighted by molar-refractivity contribution is 7.92. The maximum Gasteiger partial charge on any atom is 0.245 e. The normalized spacial score (nSPS) is 11.2. The molecule has 0 aliphatic carbocycles. The predicted octanol–water partition coefficient (Wildman–Crippen LogP) is 3.27. The maximum atomic E-state index is 12.3. The standard InChI is InChI=1S/C19H24N2O3S/c1-5-16-6-8-17(9-7-16)20-19(22)13-21(25(4,23)24)18-11-14(2)10-15(3)12-18/h6-12H,5,13H2,1-4H3,(H,20,22). The summed E-state index contributed by atoms with van der Waals surface area (Å²) >= 11 is 0. The van der Waals surface area contributed by atoms with Gasteiger partial charge in [-0.05, 0) is 61.2 Å². The Balaban J connectivity index is 2.20. The molecule has 0 fully saturated rings. The SMILES string of the molecule is CCc1ccc(NC(=O)CN(c2cc(C)cc(C)c2)S(C)(=O)=O)cc1. The van der Waals surface area contributed by atoms with E-state index in [0.717, 1.165) is 28.1 Å². The summed E-state index contributed by atoms with van der Waals surface area (Å²) in [7, 11) is -3.58. The van der Waals surface area contributed by atoms with Crippen molar-refractivity contribution in [3.05, 3.63) is 59.2 Å². The van der Waals surface area contributed by atoms with E-state index in [1.54, 1.807) is 12.1 Å². The molecule has 0 saturated heterocycles. The molecule has 0 heterocycles. The van der Waals surface area contributed by atoms with Gasteiger partial charge < -0.3 is 5.32 Å². The van der Waals surface area contributed by atoms with Gasteiger partial charge in [0.2, 0.25) is 15.9 Å². The molecule has 0 bridgehead atoms. The lowest BCUT2D eigenvalue weighted by molar-refractivity contribution is -0.114. The molecule has 1 amide bonds. The van der Waals surface area contributed by atoms with E-state index in [-0.39, 0.29) is 12.5 Å². The average Bonchev–Trinajstić information content (AvgIpc) is 2.51. The van der Waals surface area contributed by atoms with Crippen LogP contribution in [-0.2, 0) is 21.2 Å². The Labute approximate surface area is 149 Å². The van der Waals surface area contributed by atoms with Gasteiger partial charge in [0.25, 0.3) is 0 Å². The summed E-state index contributed by atoms with van der Waals surface area (Å²) in [5, 5.41) is 2.75. The molecule has 0 unspecified atom stereocenters. The molecule has 134 valence electrons. The second-order valence-corrected chi connectivity index (χ2v) is 8.12. The third-order valence-electron chi connectivity index (χ3n) is 3.83. The highest BCUT2D eigenvalue weighted by Crippen LogP contribution is 2.21. The predicted molar refractivity (Wildman–Crippen MR) is 103 cm³/mol. The largest absolute Gasteiger partial charge is 0.325 e. The number of carbonyl (C=O) groups excluding carboxylic acids is 1. The molecule has 0 aliphatic heterocycles. The fraction of sp³-hybridized carbons (Fsp3) is 0.316. The van der Waals surface area contributed by atoms with Crippen LogP contribution in [0, 0.1) is 13.8 Å². The Hall–Kier alpha value is -2.34. The average molecular weight is 360 g/mol. The number of amides is 1. The number of benzene rings is 2. The molecule has 0 aromatic heterocycles. The topological polar surface area (TPSA) is 66.5 Å². The zero-order valence-corrected chi connectivity index (χ0v) is 15.9. The molecule has 6 heteroatoms. The van der Waals surface area contributed by atoms with Gasteiger partial charge in [-0.25, -0.2) is 8.42 Å². The molecular formula is C19H24N2O3S. The first-order valence-electron chi connectivity index (χ1n) is 8.14. The van der Waals surface area contributed by atoms with Crippen molar-refractivity contribution < 1.29 is 13.2 Å². The monoisotopic (exact) mass is 360 g/mol. The van der Waals surface area contributed by atoms with Crippen LogP contribution >= 0.6 is 0 Å².